The largest absolute Gasteiger partial charge is 0.463 e. The van der Waals surface area contributed by atoms with Crippen molar-refractivity contribution >= 4 is 33.9 Å². The first-order valence-electron chi connectivity index (χ1n) is 4.76. The monoisotopic (exact) mass is 257 g/mol. The third kappa shape index (κ3) is 2.62. The van der Waals surface area contributed by atoms with E-state index in [0.29, 0.717) is 11.5 Å². The average Bonchev–Trinajstić information content (AvgIpc) is 2.96. The molecule has 16 heavy (non-hydrogen) atoms. The normalized spacial score (nSPS) is 14.9. The highest BCUT2D eigenvalue weighted by atomic mass is 32.2. The van der Waals surface area contributed by atoms with Gasteiger partial charge < -0.3 is 9.15 Å². The molecule has 0 unspecified atom stereocenters. The summed E-state index contributed by atoms with van der Waals surface area (Å²) in [6.07, 6.45) is 1.51. The van der Waals surface area contributed by atoms with E-state index in [9.17, 15) is 4.79 Å². The fourth-order valence-corrected chi connectivity index (χ4v) is 3.25. The van der Waals surface area contributed by atoms with Crippen LogP contribution in [0.5, 0.6) is 0 Å². The molecule has 1 aliphatic heterocycles. The van der Waals surface area contributed by atoms with Crippen LogP contribution in [0, 0.1) is 0 Å². The SMILES string of the molecule is COC(=O)c1occc1CSC1=NCCS1. The van der Waals surface area contributed by atoms with Gasteiger partial charge in [0, 0.05) is 17.1 Å². The van der Waals surface area contributed by atoms with Gasteiger partial charge in [0.1, 0.15) is 4.38 Å². The molecule has 86 valence electrons. The Balaban J connectivity index is 1.98. The molecule has 1 aliphatic rings. The van der Waals surface area contributed by atoms with Crippen molar-refractivity contribution in [2.75, 3.05) is 19.4 Å². The van der Waals surface area contributed by atoms with Crippen LogP contribution in [0.3, 0.4) is 0 Å². The highest BCUT2D eigenvalue weighted by molar-refractivity contribution is 8.38. The van der Waals surface area contributed by atoms with Crippen molar-refractivity contribution < 1.29 is 13.9 Å². The van der Waals surface area contributed by atoms with Crippen LogP contribution in [0.25, 0.3) is 0 Å². The Hall–Kier alpha value is -0.880. The lowest BCUT2D eigenvalue weighted by atomic mass is 10.3. The molecule has 0 bridgehead atoms. The molecule has 0 saturated heterocycles. The predicted octanol–water partition coefficient (Wildman–Crippen LogP) is 2.40. The lowest BCUT2D eigenvalue weighted by molar-refractivity contribution is 0.0564. The number of carbonyl (C=O) groups excluding carboxylic acids is 1. The standard InChI is InChI=1S/C10H11NO3S2/c1-13-9(12)8-7(2-4-14-8)6-16-10-11-3-5-15-10/h2,4H,3,5-6H2,1H3. The molecule has 4 nitrogen and oxygen atoms in total. The van der Waals surface area contributed by atoms with Crippen LogP contribution in [-0.2, 0) is 10.5 Å². The van der Waals surface area contributed by atoms with E-state index in [4.69, 9.17) is 4.42 Å². The van der Waals surface area contributed by atoms with E-state index in [2.05, 4.69) is 9.73 Å². The number of rotatable bonds is 3. The Morgan fingerprint density at radius 1 is 1.75 bits per heavy atom. The van der Waals surface area contributed by atoms with Crippen molar-refractivity contribution in [3.05, 3.63) is 23.7 Å². The highest BCUT2D eigenvalue weighted by Crippen LogP contribution is 2.27. The van der Waals surface area contributed by atoms with Gasteiger partial charge in [-0.1, -0.05) is 23.5 Å². The van der Waals surface area contributed by atoms with Crippen LogP contribution in [0.4, 0.5) is 0 Å². The Labute approximate surface area is 102 Å². The molecular weight excluding hydrogens is 246 g/mol. The summed E-state index contributed by atoms with van der Waals surface area (Å²) >= 11 is 3.38. The van der Waals surface area contributed by atoms with E-state index in [1.807, 2.05) is 0 Å². The molecule has 0 atom stereocenters. The van der Waals surface area contributed by atoms with Crippen LogP contribution in [-0.4, -0.2) is 29.8 Å². The number of methoxy groups -OCH3 is 1. The van der Waals surface area contributed by atoms with Crippen LogP contribution < -0.4 is 0 Å². The lowest BCUT2D eigenvalue weighted by Crippen LogP contribution is -2.02. The van der Waals surface area contributed by atoms with Gasteiger partial charge in [-0.25, -0.2) is 4.79 Å². The van der Waals surface area contributed by atoms with Gasteiger partial charge in [-0.15, -0.1) is 0 Å². The fraction of sp³-hybridized carbons (Fsp3) is 0.400. The maximum atomic E-state index is 11.3. The first-order valence-corrected chi connectivity index (χ1v) is 6.73. The topological polar surface area (TPSA) is 51.8 Å². The average molecular weight is 257 g/mol. The zero-order chi connectivity index (χ0) is 11.4. The number of hydrogen-bond donors (Lipinski definition) is 0. The Bertz CT molecular complexity index is 414. The first kappa shape index (κ1) is 11.6. The van der Waals surface area contributed by atoms with E-state index < -0.39 is 5.97 Å². The number of thioether (sulfide) groups is 2. The third-order valence-corrected chi connectivity index (χ3v) is 4.33. The van der Waals surface area contributed by atoms with Gasteiger partial charge in [0.25, 0.3) is 0 Å². The minimum Gasteiger partial charge on any atom is -0.463 e. The van der Waals surface area contributed by atoms with Gasteiger partial charge in [0.05, 0.1) is 19.9 Å². The van der Waals surface area contributed by atoms with E-state index in [1.165, 1.54) is 13.4 Å². The fourth-order valence-electron chi connectivity index (χ4n) is 1.26. The van der Waals surface area contributed by atoms with Crippen LogP contribution in [0.2, 0.25) is 0 Å². The second-order valence-electron chi connectivity index (χ2n) is 3.05. The number of furan rings is 1. The van der Waals surface area contributed by atoms with Crippen molar-refractivity contribution in [3.8, 4) is 0 Å². The first-order chi connectivity index (χ1) is 7.81. The minimum atomic E-state index is -0.429. The molecule has 0 N–H and O–H groups in total. The van der Waals surface area contributed by atoms with E-state index in [1.54, 1.807) is 29.6 Å². The van der Waals surface area contributed by atoms with E-state index >= 15 is 0 Å². The molecule has 2 rings (SSSR count). The number of aliphatic imine (C=N–C) groups is 1. The summed E-state index contributed by atoms with van der Waals surface area (Å²) in [4.78, 5) is 15.7. The summed E-state index contributed by atoms with van der Waals surface area (Å²) in [5.41, 5.74) is 0.854. The van der Waals surface area contributed by atoms with Crippen molar-refractivity contribution in [2.24, 2.45) is 4.99 Å². The highest BCUT2D eigenvalue weighted by Gasteiger charge is 2.17. The predicted molar refractivity (Wildman–Crippen MR) is 66.1 cm³/mol. The molecule has 0 spiro atoms. The third-order valence-electron chi connectivity index (χ3n) is 2.03. The number of esters is 1. The molecule has 0 aliphatic carbocycles. The molecular formula is C10H11NO3S2. The maximum absolute atomic E-state index is 11.3. The molecule has 0 saturated carbocycles. The molecule has 0 aromatic carbocycles. The summed E-state index contributed by atoms with van der Waals surface area (Å²) in [5.74, 6) is 1.60. The Morgan fingerprint density at radius 3 is 3.31 bits per heavy atom. The summed E-state index contributed by atoms with van der Waals surface area (Å²) in [7, 11) is 1.35. The second kappa shape index (κ2) is 5.45. The Morgan fingerprint density at radius 2 is 2.62 bits per heavy atom. The number of carbonyl (C=O) groups is 1. The van der Waals surface area contributed by atoms with Gasteiger partial charge in [0.15, 0.2) is 0 Å². The molecule has 6 heteroatoms. The molecule has 0 radical (unpaired) electrons. The summed E-state index contributed by atoms with van der Waals surface area (Å²) in [5, 5.41) is 0. The smallest absolute Gasteiger partial charge is 0.374 e. The number of ether oxygens (including phenoxy) is 1. The zero-order valence-electron chi connectivity index (χ0n) is 8.76. The lowest BCUT2D eigenvalue weighted by Gasteiger charge is -2.00. The molecule has 0 fully saturated rings. The molecule has 1 aromatic heterocycles. The van der Waals surface area contributed by atoms with Crippen molar-refractivity contribution in [3.63, 3.8) is 0 Å². The van der Waals surface area contributed by atoms with Crippen molar-refractivity contribution in [1.29, 1.82) is 0 Å². The van der Waals surface area contributed by atoms with Gasteiger partial charge in [0.2, 0.25) is 5.76 Å². The minimum absolute atomic E-state index is 0.290. The quantitative estimate of drug-likeness (QED) is 0.778. The molecule has 0 amide bonds. The van der Waals surface area contributed by atoms with Gasteiger partial charge in [-0.3, -0.25) is 4.99 Å². The van der Waals surface area contributed by atoms with Crippen molar-refractivity contribution in [2.45, 2.75) is 5.75 Å². The molecule has 1 aromatic rings. The van der Waals surface area contributed by atoms with Crippen LogP contribution >= 0.6 is 23.5 Å². The van der Waals surface area contributed by atoms with E-state index in [0.717, 1.165) is 22.2 Å². The summed E-state index contributed by atoms with van der Waals surface area (Å²) in [6.45, 7) is 0.891. The summed E-state index contributed by atoms with van der Waals surface area (Å²) in [6, 6.07) is 1.79. The summed E-state index contributed by atoms with van der Waals surface area (Å²) < 4.78 is 10.8. The van der Waals surface area contributed by atoms with Gasteiger partial charge in [-0.05, 0) is 6.07 Å². The number of hydrogen-bond acceptors (Lipinski definition) is 6. The van der Waals surface area contributed by atoms with Crippen LogP contribution in [0.1, 0.15) is 16.1 Å². The van der Waals surface area contributed by atoms with Gasteiger partial charge in [-0.2, -0.15) is 0 Å². The van der Waals surface area contributed by atoms with Crippen molar-refractivity contribution in [1.82, 2.24) is 0 Å². The van der Waals surface area contributed by atoms with Gasteiger partial charge >= 0.3 is 5.97 Å². The van der Waals surface area contributed by atoms with E-state index in [-0.39, 0.29) is 0 Å². The zero-order valence-corrected chi connectivity index (χ0v) is 10.4. The number of nitrogens with zero attached hydrogens (tertiary/aromatic N) is 1. The van der Waals surface area contributed by atoms with Crippen LogP contribution in [0.15, 0.2) is 21.7 Å². The Kier molecular flexibility index (Phi) is 3.95. The molecule has 2 heterocycles. The maximum Gasteiger partial charge on any atom is 0.374 e. The second-order valence-corrected chi connectivity index (χ2v) is 5.36.